The number of hydrogen-bond donors (Lipinski definition) is 0. The maximum atomic E-state index is 2.54. The van der Waals surface area contributed by atoms with Crippen LogP contribution in [0, 0.1) is 0 Å². The molecule has 0 fully saturated rings. The summed E-state index contributed by atoms with van der Waals surface area (Å²) in [5.74, 6) is 0. The molecule has 1 heteroatoms. The quantitative estimate of drug-likeness (QED) is 0.306. The highest BCUT2D eigenvalue weighted by atomic mass is 15.1. The molecule has 0 aliphatic heterocycles. The molecule has 0 saturated heterocycles. The highest BCUT2D eigenvalue weighted by molar-refractivity contribution is 5.93. The van der Waals surface area contributed by atoms with Crippen molar-refractivity contribution in [2.45, 2.75) is 59.9 Å². The Morgan fingerprint density at radius 3 is 2.10 bits per heavy atom. The number of benzene rings is 3. The van der Waals surface area contributed by atoms with Crippen LogP contribution in [0.4, 0.5) is 0 Å². The number of hydrogen-bond acceptors (Lipinski definition) is 1. The Morgan fingerprint density at radius 2 is 1.37 bits per heavy atom. The molecule has 1 nitrogen and oxygen atoms in total. The van der Waals surface area contributed by atoms with Gasteiger partial charge in [-0.1, -0.05) is 70.2 Å². The molecule has 0 N–H and O–H groups in total. The first-order valence-electron chi connectivity index (χ1n) is 11.8. The molecule has 0 atom stereocenters. The van der Waals surface area contributed by atoms with Crippen molar-refractivity contribution in [2.75, 3.05) is 13.1 Å². The standard InChI is InChI=1S/C29H33N/c1-5-22-23(6-2)29-26(28-24-15-10-9-12-19(24)16-25(22)28)17-20-13-11-14-21(27(20)29)18-30(7-3)8-4/h9-15H,5-8,16-18H2,1-4H3. The van der Waals surface area contributed by atoms with Crippen LogP contribution >= 0.6 is 0 Å². The van der Waals surface area contributed by atoms with Gasteiger partial charge in [0.25, 0.3) is 0 Å². The molecule has 0 radical (unpaired) electrons. The normalized spacial score (nSPS) is 13.4. The molecule has 5 rings (SSSR count). The zero-order valence-electron chi connectivity index (χ0n) is 18.9. The lowest BCUT2D eigenvalue weighted by Gasteiger charge is -2.23. The van der Waals surface area contributed by atoms with E-state index in [1.165, 1.54) is 22.3 Å². The van der Waals surface area contributed by atoms with E-state index in [-0.39, 0.29) is 0 Å². The van der Waals surface area contributed by atoms with Crippen molar-refractivity contribution in [2.24, 2.45) is 0 Å². The summed E-state index contributed by atoms with van der Waals surface area (Å²) in [7, 11) is 0. The zero-order valence-corrected chi connectivity index (χ0v) is 18.9. The lowest BCUT2D eigenvalue weighted by atomic mass is 9.83. The fourth-order valence-corrected chi connectivity index (χ4v) is 6.03. The van der Waals surface area contributed by atoms with Gasteiger partial charge >= 0.3 is 0 Å². The first-order valence-corrected chi connectivity index (χ1v) is 11.8. The minimum atomic E-state index is 1.05. The summed E-state index contributed by atoms with van der Waals surface area (Å²) < 4.78 is 0. The molecule has 0 heterocycles. The number of rotatable bonds is 6. The predicted octanol–water partition coefficient (Wildman–Crippen LogP) is 6.80. The molecular weight excluding hydrogens is 362 g/mol. The van der Waals surface area contributed by atoms with Crippen molar-refractivity contribution in [1.82, 2.24) is 4.90 Å². The minimum absolute atomic E-state index is 1.05. The highest BCUT2D eigenvalue weighted by Crippen LogP contribution is 2.52. The van der Waals surface area contributed by atoms with E-state index in [2.05, 4.69) is 75.1 Å². The lowest BCUT2D eigenvalue weighted by molar-refractivity contribution is 0.296. The van der Waals surface area contributed by atoms with Crippen molar-refractivity contribution in [1.29, 1.82) is 0 Å². The molecule has 0 spiro atoms. The highest BCUT2D eigenvalue weighted by Gasteiger charge is 2.33. The smallest absolute Gasteiger partial charge is 0.0239 e. The van der Waals surface area contributed by atoms with Crippen molar-refractivity contribution in [3.05, 3.63) is 81.4 Å². The second-order valence-corrected chi connectivity index (χ2v) is 8.79. The van der Waals surface area contributed by atoms with E-state index in [0.29, 0.717) is 0 Å². The van der Waals surface area contributed by atoms with Crippen molar-refractivity contribution in [3.63, 3.8) is 0 Å². The Hall–Kier alpha value is -2.38. The van der Waals surface area contributed by atoms with Crippen molar-refractivity contribution in [3.8, 4) is 22.3 Å². The monoisotopic (exact) mass is 395 g/mol. The summed E-state index contributed by atoms with van der Waals surface area (Å²) in [5, 5.41) is 0. The molecule has 0 saturated carbocycles. The van der Waals surface area contributed by atoms with Gasteiger partial charge < -0.3 is 0 Å². The molecule has 0 amide bonds. The second-order valence-electron chi connectivity index (χ2n) is 8.79. The van der Waals surface area contributed by atoms with Crippen LogP contribution in [0.5, 0.6) is 0 Å². The molecule has 154 valence electrons. The zero-order chi connectivity index (χ0) is 20.8. The van der Waals surface area contributed by atoms with Crippen LogP contribution in [0.3, 0.4) is 0 Å². The SMILES string of the molecule is CCc1c2c(c3c(c1CC)-c1c(cccc1CN(CC)CC)C3)-c1ccccc1C2. The predicted molar refractivity (Wildman–Crippen MR) is 128 cm³/mol. The third kappa shape index (κ3) is 2.79. The summed E-state index contributed by atoms with van der Waals surface area (Å²) in [6.45, 7) is 12.5. The van der Waals surface area contributed by atoms with E-state index in [0.717, 1.165) is 45.3 Å². The minimum Gasteiger partial charge on any atom is -0.300 e. The lowest BCUT2D eigenvalue weighted by Crippen LogP contribution is -2.22. The summed E-state index contributed by atoms with van der Waals surface area (Å²) in [5.41, 5.74) is 17.2. The van der Waals surface area contributed by atoms with Crippen LogP contribution in [0.2, 0.25) is 0 Å². The van der Waals surface area contributed by atoms with Gasteiger partial charge in [-0.3, -0.25) is 4.90 Å². The van der Waals surface area contributed by atoms with Gasteiger partial charge in [0, 0.05) is 6.54 Å². The van der Waals surface area contributed by atoms with Crippen LogP contribution in [0.1, 0.15) is 66.6 Å². The van der Waals surface area contributed by atoms with Gasteiger partial charge in [-0.2, -0.15) is 0 Å². The van der Waals surface area contributed by atoms with E-state index in [1.807, 2.05) is 0 Å². The topological polar surface area (TPSA) is 3.24 Å². The van der Waals surface area contributed by atoms with Gasteiger partial charge in [0.15, 0.2) is 0 Å². The Morgan fingerprint density at radius 1 is 0.667 bits per heavy atom. The molecule has 0 bridgehead atoms. The van der Waals surface area contributed by atoms with Crippen LogP contribution < -0.4 is 0 Å². The molecule has 3 aromatic rings. The summed E-state index contributed by atoms with van der Waals surface area (Å²) in [6, 6.07) is 16.1. The van der Waals surface area contributed by atoms with E-state index < -0.39 is 0 Å². The van der Waals surface area contributed by atoms with Crippen molar-refractivity contribution >= 4 is 0 Å². The van der Waals surface area contributed by atoms with Gasteiger partial charge in [-0.15, -0.1) is 0 Å². The Balaban J connectivity index is 1.79. The molecule has 30 heavy (non-hydrogen) atoms. The first kappa shape index (κ1) is 19.6. The van der Waals surface area contributed by atoms with Gasteiger partial charge in [-0.25, -0.2) is 0 Å². The van der Waals surface area contributed by atoms with Gasteiger partial charge in [0.1, 0.15) is 0 Å². The van der Waals surface area contributed by atoms with Gasteiger partial charge in [-0.05, 0) is 100.0 Å². The van der Waals surface area contributed by atoms with Gasteiger partial charge in [0.2, 0.25) is 0 Å². The molecule has 0 aromatic heterocycles. The maximum Gasteiger partial charge on any atom is 0.0239 e. The first-order chi connectivity index (χ1) is 14.7. The fraction of sp³-hybridized carbons (Fsp3) is 0.379. The fourth-order valence-electron chi connectivity index (χ4n) is 6.03. The summed E-state index contributed by atoms with van der Waals surface area (Å²) in [4.78, 5) is 2.54. The van der Waals surface area contributed by atoms with Gasteiger partial charge in [0.05, 0.1) is 0 Å². The summed E-state index contributed by atoms with van der Waals surface area (Å²) >= 11 is 0. The molecule has 3 aromatic carbocycles. The van der Waals surface area contributed by atoms with E-state index in [4.69, 9.17) is 0 Å². The van der Waals surface area contributed by atoms with E-state index >= 15 is 0 Å². The maximum absolute atomic E-state index is 2.54. The molecule has 2 aliphatic carbocycles. The second kappa shape index (κ2) is 7.71. The Kier molecular flexibility index (Phi) is 5.03. The summed E-state index contributed by atoms with van der Waals surface area (Å²) in [6.07, 6.45) is 4.44. The van der Waals surface area contributed by atoms with Crippen LogP contribution in [0.25, 0.3) is 22.3 Å². The third-order valence-electron chi connectivity index (χ3n) is 7.44. The average molecular weight is 396 g/mol. The van der Waals surface area contributed by atoms with Crippen LogP contribution in [0.15, 0.2) is 42.5 Å². The third-order valence-corrected chi connectivity index (χ3v) is 7.44. The Bertz CT molecular complexity index is 1120. The Labute approximate surface area is 181 Å². The largest absolute Gasteiger partial charge is 0.300 e. The van der Waals surface area contributed by atoms with Crippen LogP contribution in [-0.4, -0.2) is 18.0 Å². The van der Waals surface area contributed by atoms with E-state index in [1.54, 1.807) is 38.9 Å². The molecule has 2 aliphatic rings. The number of nitrogens with zero attached hydrogens (tertiary/aromatic N) is 1. The average Bonchev–Trinajstić information content (AvgIpc) is 3.35. The number of fused-ring (bicyclic) bond motifs is 7. The van der Waals surface area contributed by atoms with E-state index in [9.17, 15) is 0 Å². The molecular formula is C29H33N. The molecule has 0 unspecified atom stereocenters. The van der Waals surface area contributed by atoms with Crippen molar-refractivity contribution < 1.29 is 0 Å². The van der Waals surface area contributed by atoms with Crippen LogP contribution in [-0.2, 0) is 32.2 Å².